The largest absolute Gasteiger partial charge is 0.416 e. The lowest BCUT2D eigenvalue weighted by molar-refractivity contribution is -0.137. The maximum atomic E-state index is 14.6. The molecule has 0 unspecified atom stereocenters. The van der Waals surface area contributed by atoms with E-state index in [1.165, 1.54) is 12.1 Å². The van der Waals surface area contributed by atoms with Crippen LogP contribution in [0.1, 0.15) is 11.1 Å². The summed E-state index contributed by atoms with van der Waals surface area (Å²) in [5.41, 5.74) is 7.56. The summed E-state index contributed by atoms with van der Waals surface area (Å²) in [6.45, 7) is 0. The van der Waals surface area contributed by atoms with E-state index in [1.54, 1.807) is 18.5 Å². The van der Waals surface area contributed by atoms with Crippen LogP contribution >= 0.6 is 0 Å². The monoisotopic (exact) mass is 654 g/mol. The van der Waals surface area contributed by atoms with E-state index in [2.05, 4.69) is 15.6 Å². The lowest BCUT2D eigenvalue weighted by Gasteiger charge is -2.16. The molecule has 238 valence electrons. The Morgan fingerprint density at radius 3 is 1.76 bits per heavy atom. The molecule has 7 heteroatoms. The van der Waals surface area contributed by atoms with E-state index in [1.807, 2.05) is 126 Å². The van der Waals surface area contributed by atoms with Gasteiger partial charge in [-0.2, -0.15) is 18.4 Å². The normalized spacial score (nSPS) is 11.9. The molecule has 0 fully saturated rings. The highest BCUT2D eigenvalue weighted by Crippen LogP contribution is 2.41. The van der Waals surface area contributed by atoms with E-state index in [-0.39, 0.29) is 0 Å². The molecule has 0 aliphatic heterocycles. The first-order valence-corrected chi connectivity index (χ1v) is 16.1. The van der Waals surface area contributed by atoms with Gasteiger partial charge in [-0.3, -0.25) is 4.98 Å². The second kappa shape index (κ2) is 11.2. The molecule has 4 nitrogen and oxygen atoms in total. The molecule has 0 saturated carbocycles. The van der Waals surface area contributed by atoms with Gasteiger partial charge in [0.25, 0.3) is 0 Å². The fourth-order valence-electron chi connectivity index (χ4n) is 7.25. The number of benzene rings is 6. The van der Waals surface area contributed by atoms with E-state index < -0.39 is 11.7 Å². The summed E-state index contributed by atoms with van der Waals surface area (Å²) < 4.78 is 47.8. The Hall–Kier alpha value is -6.65. The maximum absolute atomic E-state index is 14.6. The van der Waals surface area contributed by atoms with Gasteiger partial charge in [-0.25, -0.2) is 0 Å². The predicted octanol–water partition coefficient (Wildman–Crippen LogP) is 11.5. The van der Waals surface area contributed by atoms with Crippen molar-refractivity contribution in [2.24, 2.45) is 0 Å². The van der Waals surface area contributed by atoms with E-state index in [0.29, 0.717) is 22.4 Å². The Morgan fingerprint density at radius 1 is 0.520 bits per heavy atom. The first-order chi connectivity index (χ1) is 24.4. The van der Waals surface area contributed by atoms with Crippen LogP contribution in [0.3, 0.4) is 0 Å². The smallest absolute Gasteiger partial charge is 0.309 e. The summed E-state index contributed by atoms with van der Waals surface area (Å²) in [7, 11) is 0. The van der Waals surface area contributed by atoms with Gasteiger partial charge >= 0.3 is 6.18 Å². The third-order valence-corrected chi connectivity index (χ3v) is 9.45. The van der Waals surface area contributed by atoms with Crippen molar-refractivity contribution >= 4 is 43.6 Å². The van der Waals surface area contributed by atoms with Crippen molar-refractivity contribution < 1.29 is 13.2 Å². The second-order valence-corrected chi connectivity index (χ2v) is 12.3. The number of halogens is 3. The number of para-hydroxylation sites is 3. The average Bonchev–Trinajstić information content (AvgIpc) is 3.67. The van der Waals surface area contributed by atoms with Crippen LogP contribution in [-0.4, -0.2) is 14.1 Å². The van der Waals surface area contributed by atoms with E-state index in [4.69, 9.17) is 0 Å². The summed E-state index contributed by atoms with van der Waals surface area (Å²) >= 11 is 0. The molecule has 0 spiro atoms. The van der Waals surface area contributed by atoms with Crippen molar-refractivity contribution in [2.75, 3.05) is 0 Å². The molecule has 0 saturated heterocycles. The fourth-order valence-corrected chi connectivity index (χ4v) is 7.25. The first kappa shape index (κ1) is 29.5. The van der Waals surface area contributed by atoms with Crippen LogP contribution in [0.4, 0.5) is 13.2 Å². The zero-order valence-corrected chi connectivity index (χ0v) is 26.4. The van der Waals surface area contributed by atoms with Crippen LogP contribution in [-0.2, 0) is 6.18 Å². The SMILES string of the molecule is N#Cc1ccc(-n2c3ccccc3c3cc(-c4cc(-n5c6ccccc6c6ccccc65)cc(C(F)(F)F)c4)ccc32)c(-c2ccncc2)c1. The molecule has 0 bridgehead atoms. The van der Waals surface area contributed by atoms with E-state index >= 15 is 0 Å². The van der Waals surface area contributed by atoms with Gasteiger partial charge in [0.15, 0.2) is 0 Å². The highest BCUT2D eigenvalue weighted by atomic mass is 19.4. The number of rotatable bonds is 4. The Bertz CT molecular complexity index is 2770. The van der Waals surface area contributed by atoms with Gasteiger partial charge in [0.1, 0.15) is 0 Å². The number of nitrogens with zero attached hydrogens (tertiary/aromatic N) is 4. The number of pyridine rings is 1. The summed E-state index contributed by atoms with van der Waals surface area (Å²) in [5.74, 6) is 0. The number of hydrogen-bond acceptors (Lipinski definition) is 2. The van der Waals surface area contributed by atoms with Crippen molar-refractivity contribution in [3.63, 3.8) is 0 Å². The molecule has 3 heterocycles. The standard InChI is InChI=1S/C43H25F3N4/c44-43(45,46)31-22-30(23-32(25-31)49-38-10-4-1-7-33(38)34-8-2-5-11-39(34)49)29-14-16-42-37(24-29)35-9-3-6-12-40(35)50(42)41-15-13-27(26-47)21-36(41)28-17-19-48-20-18-28/h1-25H. The summed E-state index contributed by atoms with van der Waals surface area (Å²) in [6, 6.07) is 45.4. The third kappa shape index (κ3) is 4.65. The molecule has 9 rings (SSSR count). The fraction of sp³-hybridized carbons (Fsp3) is 0.0233. The topological polar surface area (TPSA) is 46.5 Å². The first-order valence-electron chi connectivity index (χ1n) is 16.1. The average molecular weight is 655 g/mol. The van der Waals surface area contributed by atoms with E-state index in [0.717, 1.165) is 60.4 Å². The van der Waals surface area contributed by atoms with Crippen LogP contribution in [0.5, 0.6) is 0 Å². The van der Waals surface area contributed by atoms with Gasteiger partial charge < -0.3 is 9.13 Å². The predicted molar refractivity (Wildman–Crippen MR) is 194 cm³/mol. The van der Waals surface area contributed by atoms with Gasteiger partial charge in [-0.1, -0.05) is 60.7 Å². The molecular formula is C43H25F3N4. The van der Waals surface area contributed by atoms with Crippen LogP contribution in [0.2, 0.25) is 0 Å². The lowest BCUT2D eigenvalue weighted by Crippen LogP contribution is -2.07. The number of alkyl halides is 3. The molecule has 0 radical (unpaired) electrons. The van der Waals surface area contributed by atoms with Crippen molar-refractivity contribution in [2.45, 2.75) is 6.18 Å². The van der Waals surface area contributed by atoms with Crippen LogP contribution < -0.4 is 0 Å². The zero-order chi connectivity index (χ0) is 34.0. The lowest BCUT2D eigenvalue weighted by atomic mass is 9.99. The van der Waals surface area contributed by atoms with Crippen molar-refractivity contribution in [3.8, 4) is 39.7 Å². The van der Waals surface area contributed by atoms with Crippen LogP contribution in [0.25, 0.3) is 77.2 Å². The minimum atomic E-state index is -4.55. The molecule has 0 aliphatic rings. The highest BCUT2D eigenvalue weighted by Gasteiger charge is 2.32. The van der Waals surface area contributed by atoms with Gasteiger partial charge in [0.2, 0.25) is 0 Å². The minimum absolute atomic E-state index is 0.439. The Kier molecular flexibility index (Phi) is 6.61. The van der Waals surface area contributed by atoms with Crippen molar-refractivity contribution in [1.82, 2.24) is 14.1 Å². The van der Waals surface area contributed by atoms with Gasteiger partial charge in [-0.05, 0) is 95.6 Å². The second-order valence-electron chi connectivity index (χ2n) is 12.3. The molecule has 0 aliphatic carbocycles. The molecule has 6 aromatic carbocycles. The summed E-state index contributed by atoms with van der Waals surface area (Å²) in [4.78, 5) is 4.17. The Morgan fingerprint density at radius 2 is 1.12 bits per heavy atom. The van der Waals surface area contributed by atoms with Gasteiger partial charge in [0.05, 0.1) is 45.0 Å². The maximum Gasteiger partial charge on any atom is 0.416 e. The molecule has 0 N–H and O–H groups in total. The summed E-state index contributed by atoms with van der Waals surface area (Å²) in [6.07, 6.45) is -1.11. The minimum Gasteiger partial charge on any atom is -0.309 e. The number of aromatic nitrogens is 3. The molecule has 0 atom stereocenters. The van der Waals surface area contributed by atoms with Crippen molar-refractivity contribution in [3.05, 3.63) is 163 Å². The molecule has 9 aromatic rings. The quantitative estimate of drug-likeness (QED) is 0.190. The summed E-state index contributed by atoms with van der Waals surface area (Å²) in [5, 5.41) is 13.5. The molecular weight excluding hydrogens is 629 g/mol. The zero-order valence-electron chi connectivity index (χ0n) is 26.4. The molecule has 0 amide bonds. The van der Waals surface area contributed by atoms with Gasteiger partial charge in [0, 0.05) is 45.2 Å². The molecule has 50 heavy (non-hydrogen) atoms. The van der Waals surface area contributed by atoms with Gasteiger partial charge in [-0.15, -0.1) is 0 Å². The number of fused-ring (bicyclic) bond motifs is 6. The Balaban J connectivity index is 1.29. The number of nitriles is 1. The van der Waals surface area contributed by atoms with E-state index in [9.17, 15) is 18.4 Å². The molecule has 3 aromatic heterocycles. The van der Waals surface area contributed by atoms with Crippen LogP contribution in [0, 0.1) is 11.3 Å². The Labute approximate surface area is 284 Å². The van der Waals surface area contributed by atoms with Crippen molar-refractivity contribution in [1.29, 1.82) is 5.26 Å². The highest BCUT2D eigenvalue weighted by molar-refractivity contribution is 6.11. The number of hydrogen-bond donors (Lipinski definition) is 0. The van der Waals surface area contributed by atoms with Crippen LogP contribution in [0.15, 0.2) is 152 Å². The third-order valence-electron chi connectivity index (χ3n) is 9.45.